The average molecular weight is 486 g/mol. The molecule has 3 aromatic carbocycles. The van der Waals surface area contributed by atoms with E-state index >= 15 is 0 Å². The predicted octanol–water partition coefficient (Wildman–Crippen LogP) is 3.86. The van der Waals surface area contributed by atoms with E-state index < -0.39 is 27.4 Å². The molecule has 2 fully saturated rings. The van der Waals surface area contributed by atoms with Crippen molar-refractivity contribution in [1.29, 1.82) is 0 Å². The maximum atomic E-state index is 14.4. The summed E-state index contributed by atoms with van der Waals surface area (Å²) in [5.41, 5.74) is 1.93. The molecule has 3 amide bonds. The van der Waals surface area contributed by atoms with Crippen molar-refractivity contribution < 1.29 is 14.4 Å². The zero-order valence-electron chi connectivity index (χ0n) is 17.9. The molecule has 3 aliphatic rings. The summed E-state index contributed by atoms with van der Waals surface area (Å²) in [5.74, 6) is -1.41. The summed E-state index contributed by atoms with van der Waals surface area (Å²) in [5, 5.41) is 5.23. The molecule has 0 aliphatic carbocycles. The van der Waals surface area contributed by atoms with E-state index in [-0.39, 0.29) is 10.9 Å². The Morgan fingerprint density at radius 3 is 2.21 bits per heavy atom. The highest BCUT2D eigenvalue weighted by Crippen LogP contribution is 2.61. The third-order valence-electron chi connectivity index (χ3n) is 6.81. The van der Waals surface area contributed by atoms with Crippen molar-refractivity contribution in [3.63, 3.8) is 0 Å². The smallest absolute Gasteiger partial charge is 0.287 e. The normalized spacial score (nSPS) is 27.4. The summed E-state index contributed by atoms with van der Waals surface area (Å²) in [6.07, 6.45) is 0. The second-order valence-electron chi connectivity index (χ2n) is 8.58. The van der Waals surface area contributed by atoms with Gasteiger partial charge in [0.1, 0.15) is 4.99 Å². The number of amides is 3. The number of hydrogen-bond acceptors (Lipinski definition) is 5. The summed E-state index contributed by atoms with van der Waals surface area (Å²) in [4.78, 5) is 42.1. The first-order valence-electron chi connectivity index (χ1n) is 10.9. The van der Waals surface area contributed by atoms with Gasteiger partial charge >= 0.3 is 0 Å². The molecule has 3 aromatic rings. The Morgan fingerprint density at radius 1 is 0.882 bits per heavy atom. The van der Waals surface area contributed by atoms with Crippen molar-refractivity contribution >= 4 is 51.7 Å². The van der Waals surface area contributed by atoms with E-state index in [9.17, 15) is 14.4 Å². The van der Waals surface area contributed by atoms with Crippen LogP contribution in [0.5, 0.6) is 0 Å². The van der Waals surface area contributed by atoms with Crippen molar-refractivity contribution in [3.05, 3.63) is 102 Å². The van der Waals surface area contributed by atoms with Gasteiger partial charge in [-0.15, -0.1) is 0 Å². The fraction of sp³-hybridized carbons (Fsp3) is 0.154. The Kier molecular flexibility index (Phi) is 4.65. The van der Waals surface area contributed by atoms with Crippen molar-refractivity contribution in [3.8, 4) is 0 Å². The van der Waals surface area contributed by atoms with E-state index in [1.165, 1.54) is 0 Å². The van der Waals surface area contributed by atoms with Crippen LogP contribution in [0.3, 0.4) is 0 Å². The van der Waals surface area contributed by atoms with Gasteiger partial charge in [-0.1, -0.05) is 91.1 Å². The van der Waals surface area contributed by atoms with E-state index in [4.69, 9.17) is 12.2 Å². The number of carbonyl (C=O) groups excluding carboxylic acids is 3. The Balaban J connectivity index is 1.59. The Hall–Kier alpha value is -3.49. The molecular weight excluding hydrogens is 466 g/mol. The third kappa shape index (κ3) is 2.69. The lowest BCUT2D eigenvalue weighted by Crippen LogP contribution is -2.52. The maximum Gasteiger partial charge on any atom is 0.287 e. The number of fused-ring (bicyclic) bond motifs is 2. The standard InChI is InChI=1S/C26H19N3O3S2/c30-21-26(34-24(32)27-21)20(17-11-5-2-6-12-17)25(28-22(26)33)18-13-7-8-14-19(18)29(23(25)31)15-16-9-3-1-4-10-16/h1-14,20H,15H2,(H,28,33)(H,27,30,32)/t20-,25+,26+/m1/s1. The number of thioether (sulfide) groups is 1. The average Bonchev–Trinajstić information content (AvgIpc) is 3.39. The van der Waals surface area contributed by atoms with Crippen molar-refractivity contribution in [2.75, 3.05) is 4.90 Å². The van der Waals surface area contributed by atoms with E-state index in [2.05, 4.69) is 10.6 Å². The summed E-state index contributed by atoms with van der Waals surface area (Å²) < 4.78 is -1.42. The second-order valence-corrected chi connectivity index (χ2v) is 10.2. The lowest BCUT2D eigenvalue weighted by atomic mass is 9.71. The number of nitrogens with zero attached hydrogens (tertiary/aromatic N) is 1. The summed E-state index contributed by atoms with van der Waals surface area (Å²) in [7, 11) is 0. The van der Waals surface area contributed by atoms with Crippen LogP contribution in [0, 0.1) is 0 Å². The highest BCUT2D eigenvalue weighted by atomic mass is 32.2. The first-order chi connectivity index (χ1) is 16.5. The van der Waals surface area contributed by atoms with Crippen LogP contribution in [0.15, 0.2) is 84.9 Å². The fourth-order valence-corrected chi connectivity index (χ4v) is 7.11. The molecule has 2 spiro atoms. The van der Waals surface area contributed by atoms with Gasteiger partial charge < -0.3 is 10.2 Å². The largest absolute Gasteiger partial charge is 0.360 e. The molecule has 2 saturated heterocycles. The van der Waals surface area contributed by atoms with Crippen LogP contribution in [0.1, 0.15) is 22.6 Å². The quantitative estimate of drug-likeness (QED) is 0.549. The Bertz CT molecular complexity index is 1360. The minimum atomic E-state index is -1.42. The number of para-hydroxylation sites is 1. The summed E-state index contributed by atoms with van der Waals surface area (Å²) >= 11 is 6.61. The zero-order chi connectivity index (χ0) is 23.5. The fourth-order valence-electron chi connectivity index (χ4n) is 5.46. The minimum absolute atomic E-state index is 0.194. The Labute approximate surface area is 205 Å². The van der Waals surface area contributed by atoms with E-state index in [0.717, 1.165) is 34.1 Å². The number of carbonyl (C=O) groups is 3. The number of benzene rings is 3. The summed E-state index contributed by atoms with van der Waals surface area (Å²) in [6.45, 7) is 0.375. The molecule has 3 heterocycles. The molecule has 6 nitrogen and oxygen atoms in total. The Morgan fingerprint density at radius 2 is 1.53 bits per heavy atom. The molecule has 8 heteroatoms. The van der Waals surface area contributed by atoms with Gasteiger partial charge in [0.15, 0.2) is 10.3 Å². The predicted molar refractivity (Wildman–Crippen MR) is 135 cm³/mol. The zero-order valence-corrected chi connectivity index (χ0v) is 19.5. The van der Waals surface area contributed by atoms with E-state index in [0.29, 0.717) is 6.54 Å². The molecule has 0 saturated carbocycles. The highest BCUT2D eigenvalue weighted by molar-refractivity contribution is 8.17. The number of imide groups is 1. The van der Waals surface area contributed by atoms with Crippen LogP contribution >= 0.6 is 24.0 Å². The van der Waals surface area contributed by atoms with Crippen LogP contribution < -0.4 is 15.5 Å². The van der Waals surface area contributed by atoms with E-state index in [1.54, 1.807) is 4.90 Å². The van der Waals surface area contributed by atoms with Crippen LogP contribution in [0.4, 0.5) is 10.5 Å². The van der Waals surface area contributed by atoms with E-state index in [1.807, 2.05) is 84.9 Å². The van der Waals surface area contributed by atoms with Gasteiger partial charge in [-0.2, -0.15) is 0 Å². The van der Waals surface area contributed by atoms with Gasteiger partial charge in [0.25, 0.3) is 17.1 Å². The minimum Gasteiger partial charge on any atom is -0.360 e. The molecule has 0 aromatic heterocycles. The van der Waals surface area contributed by atoms with Gasteiger partial charge in [0.05, 0.1) is 18.2 Å². The van der Waals surface area contributed by atoms with Crippen LogP contribution in [0.25, 0.3) is 0 Å². The van der Waals surface area contributed by atoms with Gasteiger partial charge in [0.2, 0.25) is 0 Å². The van der Waals surface area contributed by atoms with Gasteiger partial charge in [-0.25, -0.2) is 0 Å². The molecule has 0 radical (unpaired) electrons. The van der Waals surface area contributed by atoms with Crippen molar-refractivity contribution in [2.24, 2.45) is 0 Å². The molecule has 168 valence electrons. The molecule has 3 aliphatic heterocycles. The molecule has 0 unspecified atom stereocenters. The topological polar surface area (TPSA) is 78.5 Å². The lowest BCUT2D eigenvalue weighted by Gasteiger charge is -2.34. The maximum absolute atomic E-state index is 14.4. The second kappa shape index (κ2) is 7.51. The third-order valence-corrected chi connectivity index (χ3v) is 8.60. The first kappa shape index (κ1) is 21.1. The SMILES string of the molecule is O=C1NC(=O)[C@]2(S1)C(=S)N[C@]1(C(=O)N(Cc3ccccc3)c3ccccc31)[C@H]2c1ccccc1. The molecule has 3 atom stereocenters. The van der Waals surface area contributed by atoms with Crippen molar-refractivity contribution in [2.45, 2.75) is 22.7 Å². The molecule has 2 N–H and O–H groups in total. The first-order valence-corrected chi connectivity index (χ1v) is 12.1. The molecular formula is C26H19N3O3S2. The number of hydrogen-bond donors (Lipinski definition) is 2. The number of thiocarbonyl (C=S) groups is 1. The summed E-state index contributed by atoms with van der Waals surface area (Å²) in [6, 6.07) is 26.7. The highest BCUT2D eigenvalue weighted by Gasteiger charge is 2.73. The molecule has 34 heavy (non-hydrogen) atoms. The monoisotopic (exact) mass is 485 g/mol. The number of rotatable bonds is 3. The molecule has 0 bridgehead atoms. The van der Waals surface area contributed by atoms with Gasteiger partial charge in [-0.3, -0.25) is 19.7 Å². The lowest BCUT2D eigenvalue weighted by molar-refractivity contribution is -0.125. The van der Waals surface area contributed by atoms with Crippen LogP contribution in [-0.2, 0) is 21.7 Å². The number of anilines is 1. The van der Waals surface area contributed by atoms with Crippen LogP contribution in [-0.4, -0.2) is 26.8 Å². The van der Waals surface area contributed by atoms with Gasteiger partial charge in [0, 0.05) is 5.56 Å². The van der Waals surface area contributed by atoms with Crippen molar-refractivity contribution in [1.82, 2.24) is 10.6 Å². The number of nitrogens with one attached hydrogen (secondary N) is 2. The van der Waals surface area contributed by atoms with Crippen LogP contribution in [0.2, 0.25) is 0 Å². The molecule has 6 rings (SSSR count). The van der Waals surface area contributed by atoms with Gasteiger partial charge in [-0.05, 0) is 29.0 Å².